The normalized spacial score (nSPS) is 10.9. The summed E-state index contributed by atoms with van der Waals surface area (Å²) in [4.78, 5) is 10.9. The SMILES string of the molecule is CC(C)c1ccc2ccc(C(=O)O)cc2c1. The Balaban J connectivity index is 2.61. The fraction of sp³-hybridized carbons (Fsp3) is 0.214. The second-order valence-corrected chi connectivity index (χ2v) is 4.28. The molecule has 0 amide bonds. The van der Waals surface area contributed by atoms with E-state index in [1.807, 2.05) is 12.1 Å². The summed E-state index contributed by atoms with van der Waals surface area (Å²) in [6, 6.07) is 11.4. The molecule has 0 saturated carbocycles. The molecule has 2 aromatic rings. The third-order valence-corrected chi connectivity index (χ3v) is 2.78. The molecule has 82 valence electrons. The van der Waals surface area contributed by atoms with Gasteiger partial charge < -0.3 is 5.11 Å². The largest absolute Gasteiger partial charge is 0.478 e. The van der Waals surface area contributed by atoms with Gasteiger partial charge in [0, 0.05) is 0 Å². The van der Waals surface area contributed by atoms with E-state index in [1.165, 1.54) is 5.56 Å². The lowest BCUT2D eigenvalue weighted by Crippen LogP contribution is -1.95. The van der Waals surface area contributed by atoms with Crippen LogP contribution in [0.25, 0.3) is 10.8 Å². The first kappa shape index (κ1) is 10.7. The molecule has 0 saturated heterocycles. The summed E-state index contributed by atoms with van der Waals surface area (Å²) in [6.07, 6.45) is 0. The Morgan fingerprint density at radius 2 is 1.75 bits per heavy atom. The fourth-order valence-corrected chi connectivity index (χ4v) is 1.76. The first-order valence-electron chi connectivity index (χ1n) is 5.35. The molecule has 0 atom stereocenters. The van der Waals surface area contributed by atoms with Crippen molar-refractivity contribution in [1.82, 2.24) is 0 Å². The lowest BCUT2D eigenvalue weighted by atomic mass is 9.98. The number of hydrogen-bond acceptors (Lipinski definition) is 1. The first-order valence-corrected chi connectivity index (χ1v) is 5.35. The first-order chi connectivity index (χ1) is 7.58. The van der Waals surface area contributed by atoms with Gasteiger partial charge in [-0.25, -0.2) is 4.79 Å². The van der Waals surface area contributed by atoms with Crippen molar-refractivity contribution >= 4 is 16.7 Å². The van der Waals surface area contributed by atoms with Crippen LogP contribution in [0.4, 0.5) is 0 Å². The van der Waals surface area contributed by atoms with Crippen LogP contribution in [0.5, 0.6) is 0 Å². The predicted octanol–water partition coefficient (Wildman–Crippen LogP) is 3.66. The van der Waals surface area contributed by atoms with Crippen LogP contribution in [-0.2, 0) is 0 Å². The van der Waals surface area contributed by atoms with Gasteiger partial charge >= 0.3 is 5.97 Å². The topological polar surface area (TPSA) is 37.3 Å². The number of aromatic carboxylic acids is 1. The highest BCUT2D eigenvalue weighted by molar-refractivity contribution is 5.94. The Morgan fingerprint density at radius 1 is 1.06 bits per heavy atom. The maximum absolute atomic E-state index is 10.9. The smallest absolute Gasteiger partial charge is 0.335 e. The van der Waals surface area contributed by atoms with Crippen LogP contribution in [0.1, 0.15) is 35.7 Å². The zero-order valence-electron chi connectivity index (χ0n) is 9.40. The van der Waals surface area contributed by atoms with Gasteiger partial charge in [-0.15, -0.1) is 0 Å². The summed E-state index contributed by atoms with van der Waals surface area (Å²) in [5.74, 6) is -0.422. The summed E-state index contributed by atoms with van der Waals surface area (Å²) in [7, 11) is 0. The minimum absolute atomic E-state index is 0.341. The molecule has 0 aliphatic rings. The Morgan fingerprint density at radius 3 is 2.38 bits per heavy atom. The van der Waals surface area contributed by atoms with Crippen molar-refractivity contribution < 1.29 is 9.90 Å². The van der Waals surface area contributed by atoms with Gasteiger partial charge in [0.15, 0.2) is 0 Å². The number of carbonyl (C=O) groups is 1. The number of fused-ring (bicyclic) bond motifs is 1. The molecule has 2 heteroatoms. The summed E-state index contributed by atoms with van der Waals surface area (Å²) in [5.41, 5.74) is 1.57. The van der Waals surface area contributed by atoms with Crippen molar-refractivity contribution in [2.45, 2.75) is 19.8 Å². The Bertz CT molecular complexity index is 541. The van der Waals surface area contributed by atoms with Crippen LogP contribution in [0, 0.1) is 0 Å². The molecule has 0 fully saturated rings. The van der Waals surface area contributed by atoms with E-state index in [2.05, 4.69) is 26.0 Å². The van der Waals surface area contributed by atoms with Gasteiger partial charge in [-0.3, -0.25) is 0 Å². The monoisotopic (exact) mass is 214 g/mol. The van der Waals surface area contributed by atoms with Crippen molar-refractivity contribution in [3.63, 3.8) is 0 Å². The number of hydrogen-bond donors (Lipinski definition) is 1. The molecular weight excluding hydrogens is 200 g/mol. The Labute approximate surface area is 94.5 Å². The molecule has 0 aliphatic heterocycles. The molecule has 2 rings (SSSR count). The lowest BCUT2D eigenvalue weighted by molar-refractivity contribution is 0.0697. The van der Waals surface area contributed by atoms with E-state index in [0.717, 1.165) is 10.8 Å². The quantitative estimate of drug-likeness (QED) is 0.828. The highest BCUT2D eigenvalue weighted by Gasteiger charge is 2.05. The van der Waals surface area contributed by atoms with E-state index in [4.69, 9.17) is 5.11 Å². The molecule has 1 N–H and O–H groups in total. The molecule has 0 aromatic heterocycles. The fourth-order valence-electron chi connectivity index (χ4n) is 1.76. The van der Waals surface area contributed by atoms with E-state index in [0.29, 0.717) is 11.5 Å². The third-order valence-electron chi connectivity index (χ3n) is 2.78. The lowest BCUT2D eigenvalue weighted by Gasteiger charge is -2.07. The maximum atomic E-state index is 10.9. The highest BCUT2D eigenvalue weighted by atomic mass is 16.4. The second-order valence-electron chi connectivity index (χ2n) is 4.28. The van der Waals surface area contributed by atoms with E-state index >= 15 is 0 Å². The molecule has 0 spiro atoms. The number of rotatable bonds is 2. The van der Waals surface area contributed by atoms with E-state index in [9.17, 15) is 4.79 Å². The van der Waals surface area contributed by atoms with Gasteiger partial charge in [0.25, 0.3) is 0 Å². The van der Waals surface area contributed by atoms with Gasteiger partial charge in [-0.1, -0.05) is 38.1 Å². The zero-order valence-corrected chi connectivity index (χ0v) is 9.40. The predicted molar refractivity (Wildman–Crippen MR) is 65.0 cm³/mol. The van der Waals surface area contributed by atoms with E-state index < -0.39 is 5.97 Å². The van der Waals surface area contributed by atoms with Crippen LogP contribution < -0.4 is 0 Å². The van der Waals surface area contributed by atoms with Crippen LogP contribution in [0.15, 0.2) is 36.4 Å². The number of carboxylic acids is 1. The van der Waals surface area contributed by atoms with Crippen LogP contribution in [0.3, 0.4) is 0 Å². The van der Waals surface area contributed by atoms with Crippen LogP contribution in [0.2, 0.25) is 0 Å². The molecule has 0 unspecified atom stereocenters. The second kappa shape index (κ2) is 3.97. The van der Waals surface area contributed by atoms with Crippen molar-refractivity contribution in [1.29, 1.82) is 0 Å². The minimum atomic E-state index is -0.878. The number of benzene rings is 2. The van der Waals surface area contributed by atoms with Crippen molar-refractivity contribution in [2.75, 3.05) is 0 Å². The third kappa shape index (κ3) is 1.91. The van der Waals surface area contributed by atoms with E-state index in [1.54, 1.807) is 12.1 Å². The standard InChI is InChI=1S/C14H14O2/c1-9(2)11-5-3-10-4-6-12(14(15)16)8-13(10)7-11/h3-9H,1-2H3,(H,15,16). The van der Waals surface area contributed by atoms with Crippen LogP contribution >= 0.6 is 0 Å². The van der Waals surface area contributed by atoms with Gasteiger partial charge in [-0.05, 0) is 34.4 Å². The molecule has 2 aromatic carbocycles. The average molecular weight is 214 g/mol. The van der Waals surface area contributed by atoms with Crippen molar-refractivity contribution in [2.24, 2.45) is 0 Å². The summed E-state index contributed by atoms with van der Waals surface area (Å²) >= 11 is 0. The van der Waals surface area contributed by atoms with Crippen molar-refractivity contribution in [3.8, 4) is 0 Å². The summed E-state index contributed by atoms with van der Waals surface area (Å²) < 4.78 is 0. The molecule has 0 heterocycles. The Kier molecular flexibility index (Phi) is 2.65. The van der Waals surface area contributed by atoms with Crippen molar-refractivity contribution in [3.05, 3.63) is 47.5 Å². The summed E-state index contributed by atoms with van der Waals surface area (Å²) in [6.45, 7) is 4.25. The minimum Gasteiger partial charge on any atom is -0.478 e. The highest BCUT2D eigenvalue weighted by Crippen LogP contribution is 2.22. The van der Waals surface area contributed by atoms with Gasteiger partial charge in [-0.2, -0.15) is 0 Å². The van der Waals surface area contributed by atoms with Gasteiger partial charge in [0.1, 0.15) is 0 Å². The molecule has 0 radical (unpaired) electrons. The average Bonchev–Trinajstić information content (AvgIpc) is 2.27. The zero-order chi connectivity index (χ0) is 11.7. The molecule has 0 bridgehead atoms. The number of carboxylic acid groups (broad SMARTS) is 1. The molecular formula is C14H14O2. The maximum Gasteiger partial charge on any atom is 0.335 e. The molecule has 0 aliphatic carbocycles. The van der Waals surface area contributed by atoms with Gasteiger partial charge in [0.2, 0.25) is 0 Å². The molecule has 2 nitrogen and oxygen atoms in total. The van der Waals surface area contributed by atoms with Crippen LogP contribution in [-0.4, -0.2) is 11.1 Å². The Hall–Kier alpha value is -1.83. The summed E-state index contributed by atoms with van der Waals surface area (Å²) in [5, 5.41) is 11.0. The van der Waals surface area contributed by atoms with Gasteiger partial charge in [0.05, 0.1) is 5.56 Å². The van der Waals surface area contributed by atoms with E-state index in [-0.39, 0.29) is 0 Å². The molecule has 16 heavy (non-hydrogen) atoms.